The number of hydrogen-bond acceptors (Lipinski definition) is 2. The average molecular weight is 290 g/mol. The largest absolute Gasteiger partial charge is 0.367 e. The van der Waals surface area contributed by atoms with Crippen LogP contribution in [0.15, 0.2) is 24.3 Å². The van der Waals surface area contributed by atoms with Crippen molar-refractivity contribution in [3.05, 3.63) is 30.1 Å². The maximum Gasteiger partial charge on any atom is 0.146 e. The Kier molecular flexibility index (Phi) is 4.79. The molecule has 3 heteroatoms. The van der Waals surface area contributed by atoms with E-state index in [0.717, 1.165) is 18.8 Å². The van der Waals surface area contributed by atoms with Crippen LogP contribution in [0.4, 0.5) is 10.1 Å². The minimum Gasteiger partial charge on any atom is -0.367 e. The summed E-state index contributed by atoms with van der Waals surface area (Å²) >= 11 is 0. The maximum absolute atomic E-state index is 14.1. The van der Waals surface area contributed by atoms with Crippen LogP contribution in [0.2, 0.25) is 0 Å². The Labute approximate surface area is 127 Å². The lowest BCUT2D eigenvalue weighted by molar-refractivity contribution is 0.302. The van der Waals surface area contributed by atoms with Gasteiger partial charge in [0.1, 0.15) is 5.82 Å². The third-order valence-electron chi connectivity index (χ3n) is 5.13. The monoisotopic (exact) mass is 290 g/mol. The van der Waals surface area contributed by atoms with Gasteiger partial charge in [0, 0.05) is 25.2 Å². The average Bonchev–Trinajstić information content (AvgIpc) is 3.00. The van der Waals surface area contributed by atoms with E-state index >= 15 is 0 Å². The molecule has 1 saturated carbocycles. The van der Waals surface area contributed by atoms with Crippen molar-refractivity contribution >= 4 is 5.69 Å². The van der Waals surface area contributed by atoms with Crippen LogP contribution in [0.3, 0.4) is 0 Å². The first-order valence-electron chi connectivity index (χ1n) is 8.51. The molecule has 1 N–H and O–H groups in total. The summed E-state index contributed by atoms with van der Waals surface area (Å²) in [5.74, 6) is 0.575. The minimum absolute atomic E-state index is 0.0890. The number of nitrogens with zero attached hydrogens (tertiary/aromatic N) is 1. The summed E-state index contributed by atoms with van der Waals surface area (Å²) < 4.78 is 14.1. The molecule has 0 amide bonds. The molecule has 1 aromatic carbocycles. The molecule has 0 bridgehead atoms. The second-order valence-corrected chi connectivity index (χ2v) is 6.71. The van der Waals surface area contributed by atoms with Crippen molar-refractivity contribution in [2.24, 2.45) is 5.92 Å². The van der Waals surface area contributed by atoms with Gasteiger partial charge < -0.3 is 10.2 Å². The van der Waals surface area contributed by atoms with Crippen molar-refractivity contribution in [1.82, 2.24) is 5.32 Å². The summed E-state index contributed by atoms with van der Waals surface area (Å²) in [5, 5.41) is 3.84. The topological polar surface area (TPSA) is 15.3 Å². The molecule has 21 heavy (non-hydrogen) atoms. The Morgan fingerprint density at radius 3 is 2.62 bits per heavy atom. The zero-order valence-corrected chi connectivity index (χ0v) is 13.0. The van der Waals surface area contributed by atoms with Crippen LogP contribution in [-0.4, -0.2) is 25.2 Å². The van der Waals surface area contributed by atoms with Crippen molar-refractivity contribution in [2.45, 2.75) is 57.5 Å². The lowest BCUT2D eigenvalue weighted by Gasteiger charge is -2.40. The number of benzene rings is 1. The van der Waals surface area contributed by atoms with Crippen LogP contribution in [0.25, 0.3) is 0 Å². The molecule has 1 aliphatic heterocycles. The van der Waals surface area contributed by atoms with E-state index in [2.05, 4.69) is 17.1 Å². The molecule has 0 spiro atoms. The molecule has 1 aliphatic carbocycles. The Balaban J connectivity index is 1.70. The molecule has 116 valence electrons. The number of hydrogen-bond donors (Lipinski definition) is 1. The van der Waals surface area contributed by atoms with Gasteiger partial charge in [0.25, 0.3) is 0 Å². The van der Waals surface area contributed by atoms with Gasteiger partial charge in [-0.15, -0.1) is 0 Å². The highest BCUT2D eigenvalue weighted by Gasteiger charge is 2.29. The summed E-state index contributed by atoms with van der Waals surface area (Å²) in [7, 11) is 0. The molecule has 2 aliphatic rings. The lowest BCUT2D eigenvalue weighted by Crippen LogP contribution is -2.51. The van der Waals surface area contributed by atoms with Crippen LogP contribution < -0.4 is 10.2 Å². The zero-order chi connectivity index (χ0) is 14.7. The fraction of sp³-hybridized carbons (Fsp3) is 0.667. The van der Waals surface area contributed by atoms with E-state index in [1.54, 1.807) is 12.1 Å². The van der Waals surface area contributed by atoms with E-state index in [-0.39, 0.29) is 5.82 Å². The Morgan fingerprint density at radius 1 is 1.14 bits per heavy atom. The van der Waals surface area contributed by atoms with E-state index in [1.807, 2.05) is 12.1 Å². The smallest absolute Gasteiger partial charge is 0.146 e. The molecular formula is C18H27FN2. The van der Waals surface area contributed by atoms with Crippen LogP contribution in [0.1, 0.15) is 45.4 Å². The van der Waals surface area contributed by atoms with E-state index in [9.17, 15) is 4.39 Å². The predicted octanol–water partition coefficient (Wildman–Crippen LogP) is 3.96. The fourth-order valence-electron chi connectivity index (χ4n) is 3.95. The number of para-hydroxylation sites is 1. The summed E-state index contributed by atoms with van der Waals surface area (Å²) in [5.41, 5.74) is 0.772. The van der Waals surface area contributed by atoms with E-state index in [0.29, 0.717) is 18.0 Å². The summed E-state index contributed by atoms with van der Waals surface area (Å²) in [6.45, 7) is 4.18. The van der Waals surface area contributed by atoms with Crippen molar-refractivity contribution in [2.75, 3.05) is 18.0 Å². The summed E-state index contributed by atoms with van der Waals surface area (Å²) in [4.78, 5) is 2.25. The summed E-state index contributed by atoms with van der Waals surface area (Å²) in [6, 6.07) is 8.39. The van der Waals surface area contributed by atoms with Crippen molar-refractivity contribution in [3.8, 4) is 0 Å². The SMILES string of the molecule is CCC1CC(NC2CCCC2)CN(c2ccccc2F)C1. The summed E-state index contributed by atoms with van der Waals surface area (Å²) in [6.07, 6.45) is 7.75. The molecular weight excluding hydrogens is 263 g/mol. The number of halogens is 1. The van der Waals surface area contributed by atoms with Gasteiger partial charge in [-0.3, -0.25) is 0 Å². The first-order chi connectivity index (χ1) is 10.3. The van der Waals surface area contributed by atoms with Crippen molar-refractivity contribution in [3.63, 3.8) is 0 Å². The molecule has 0 aromatic heterocycles. The quantitative estimate of drug-likeness (QED) is 0.903. The van der Waals surface area contributed by atoms with Gasteiger partial charge in [-0.2, -0.15) is 0 Å². The predicted molar refractivity (Wildman–Crippen MR) is 86.2 cm³/mol. The third-order valence-corrected chi connectivity index (χ3v) is 5.13. The Bertz CT molecular complexity index is 456. The molecule has 1 saturated heterocycles. The zero-order valence-electron chi connectivity index (χ0n) is 13.0. The number of anilines is 1. The highest BCUT2D eigenvalue weighted by atomic mass is 19.1. The molecule has 2 fully saturated rings. The van der Waals surface area contributed by atoms with Gasteiger partial charge in [0.15, 0.2) is 0 Å². The standard InChI is InChI=1S/C18H27FN2/c1-2-14-11-16(20-15-7-3-4-8-15)13-21(12-14)18-10-6-5-9-17(18)19/h5-6,9-10,14-16,20H,2-4,7-8,11-13H2,1H3. The molecule has 2 nitrogen and oxygen atoms in total. The minimum atomic E-state index is -0.0890. The maximum atomic E-state index is 14.1. The van der Waals surface area contributed by atoms with E-state index in [1.165, 1.54) is 38.5 Å². The van der Waals surface area contributed by atoms with Gasteiger partial charge >= 0.3 is 0 Å². The first-order valence-corrected chi connectivity index (χ1v) is 8.51. The molecule has 0 radical (unpaired) electrons. The van der Waals surface area contributed by atoms with Gasteiger partial charge in [0.05, 0.1) is 5.69 Å². The second kappa shape index (κ2) is 6.78. The van der Waals surface area contributed by atoms with E-state index < -0.39 is 0 Å². The van der Waals surface area contributed by atoms with Crippen LogP contribution >= 0.6 is 0 Å². The lowest BCUT2D eigenvalue weighted by atomic mass is 9.91. The first kappa shape index (κ1) is 14.8. The van der Waals surface area contributed by atoms with Gasteiger partial charge in [0.2, 0.25) is 0 Å². The number of nitrogens with one attached hydrogen (secondary N) is 1. The highest BCUT2D eigenvalue weighted by Crippen LogP contribution is 2.28. The highest BCUT2D eigenvalue weighted by molar-refractivity contribution is 5.48. The van der Waals surface area contributed by atoms with Crippen molar-refractivity contribution in [1.29, 1.82) is 0 Å². The molecule has 1 heterocycles. The normalized spacial score (nSPS) is 27.2. The molecule has 1 aromatic rings. The van der Waals surface area contributed by atoms with E-state index in [4.69, 9.17) is 0 Å². The van der Waals surface area contributed by atoms with Crippen LogP contribution in [0, 0.1) is 11.7 Å². The third kappa shape index (κ3) is 3.57. The Hall–Kier alpha value is -1.09. The van der Waals surface area contributed by atoms with Crippen LogP contribution in [-0.2, 0) is 0 Å². The van der Waals surface area contributed by atoms with Gasteiger partial charge in [-0.05, 0) is 37.3 Å². The number of piperidine rings is 1. The molecule has 2 unspecified atom stereocenters. The molecule has 2 atom stereocenters. The Morgan fingerprint density at radius 2 is 1.90 bits per heavy atom. The van der Waals surface area contributed by atoms with Crippen LogP contribution in [0.5, 0.6) is 0 Å². The fourth-order valence-corrected chi connectivity index (χ4v) is 3.95. The van der Waals surface area contributed by atoms with Crippen molar-refractivity contribution < 1.29 is 4.39 Å². The number of rotatable bonds is 4. The van der Waals surface area contributed by atoms with Gasteiger partial charge in [-0.1, -0.05) is 38.3 Å². The van der Waals surface area contributed by atoms with Gasteiger partial charge in [-0.25, -0.2) is 4.39 Å². The molecule has 3 rings (SSSR count). The second-order valence-electron chi connectivity index (χ2n) is 6.71.